The van der Waals surface area contributed by atoms with Crippen LogP contribution in [0.5, 0.6) is 0 Å². The van der Waals surface area contributed by atoms with Gasteiger partial charge in [-0.3, -0.25) is 9.89 Å². The fraction of sp³-hybridized carbons (Fsp3) is 0.333. The third-order valence-electron chi connectivity index (χ3n) is 3.27. The van der Waals surface area contributed by atoms with Crippen molar-refractivity contribution >= 4 is 17.3 Å². The molecule has 20 heavy (non-hydrogen) atoms. The minimum Gasteiger partial charge on any atom is -0.395 e. The number of carbonyl (C=O) groups is 1. The lowest BCUT2D eigenvalue weighted by Gasteiger charge is -2.08. The summed E-state index contributed by atoms with van der Waals surface area (Å²) < 4.78 is 0. The molecule has 0 aliphatic rings. The fourth-order valence-electron chi connectivity index (χ4n) is 2.03. The molecule has 2 aromatic rings. The first-order valence-electron chi connectivity index (χ1n) is 6.62. The second kappa shape index (κ2) is 5.36. The minimum atomic E-state index is -0.292. The van der Waals surface area contributed by atoms with Gasteiger partial charge in [0.25, 0.3) is 5.91 Å². The Kier molecular flexibility index (Phi) is 3.79. The summed E-state index contributed by atoms with van der Waals surface area (Å²) in [6.45, 7) is 7.92. The van der Waals surface area contributed by atoms with Crippen molar-refractivity contribution in [3.8, 4) is 0 Å². The molecule has 5 heteroatoms. The van der Waals surface area contributed by atoms with Crippen molar-refractivity contribution in [2.75, 3.05) is 11.1 Å². The number of carbonyl (C=O) groups excluding carboxylic acids is 1. The Morgan fingerprint density at radius 2 is 2.05 bits per heavy atom. The van der Waals surface area contributed by atoms with Gasteiger partial charge in [0, 0.05) is 5.69 Å². The third-order valence-corrected chi connectivity index (χ3v) is 3.27. The Labute approximate surface area is 118 Å². The normalized spacial score (nSPS) is 10.8. The van der Waals surface area contributed by atoms with E-state index in [1.54, 1.807) is 0 Å². The molecular formula is C15H20N4O. The number of benzene rings is 1. The Morgan fingerprint density at radius 1 is 1.35 bits per heavy atom. The number of nitrogens with zero attached hydrogens (tertiary/aromatic N) is 1. The highest BCUT2D eigenvalue weighted by molar-refractivity contribution is 6.06. The zero-order valence-corrected chi connectivity index (χ0v) is 12.2. The van der Waals surface area contributed by atoms with Crippen molar-refractivity contribution in [1.82, 2.24) is 10.2 Å². The zero-order valence-electron chi connectivity index (χ0n) is 12.2. The van der Waals surface area contributed by atoms with E-state index in [0.717, 1.165) is 22.5 Å². The number of rotatable bonds is 3. The van der Waals surface area contributed by atoms with Crippen molar-refractivity contribution in [2.45, 2.75) is 33.6 Å². The van der Waals surface area contributed by atoms with Gasteiger partial charge in [-0.2, -0.15) is 5.10 Å². The van der Waals surface area contributed by atoms with Crippen molar-refractivity contribution in [2.24, 2.45) is 0 Å². The maximum atomic E-state index is 12.3. The van der Waals surface area contributed by atoms with E-state index in [2.05, 4.69) is 15.5 Å². The van der Waals surface area contributed by atoms with Gasteiger partial charge < -0.3 is 11.1 Å². The van der Waals surface area contributed by atoms with Crippen molar-refractivity contribution < 1.29 is 4.79 Å². The molecule has 0 aliphatic carbocycles. The van der Waals surface area contributed by atoms with E-state index < -0.39 is 0 Å². The van der Waals surface area contributed by atoms with Crippen LogP contribution in [0.3, 0.4) is 0 Å². The van der Waals surface area contributed by atoms with Crippen LogP contribution in [0.1, 0.15) is 47.1 Å². The molecule has 1 amide bonds. The largest absolute Gasteiger partial charge is 0.395 e. The number of aromatic nitrogens is 2. The van der Waals surface area contributed by atoms with E-state index in [9.17, 15) is 4.79 Å². The summed E-state index contributed by atoms with van der Waals surface area (Å²) in [6.07, 6.45) is 0. The molecule has 0 unspecified atom stereocenters. The molecule has 1 aromatic carbocycles. The molecule has 2 rings (SSSR count). The van der Waals surface area contributed by atoms with Crippen LogP contribution in [-0.4, -0.2) is 16.1 Å². The molecule has 0 aliphatic heterocycles. The lowest BCUT2D eigenvalue weighted by atomic mass is 10.1. The van der Waals surface area contributed by atoms with Gasteiger partial charge in [-0.25, -0.2) is 0 Å². The minimum absolute atomic E-state index is 0.199. The maximum Gasteiger partial charge on any atom is 0.278 e. The summed E-state index contributed by atoms with van der Waals surface area (Å²) in [7, 11) is 0. The monoisotopic (exact) mass is 272 g/mol. The second-order valence-corrected chi connectivity index (χ2v) is 5.33. The Hall–Kier alpha value is -2.30. The zero-order chi connectivity index (χ0) is 14.9. The van der Waals surface area contributed by atoms with Crippen LogP contribution in [0.4, 0.5) is 11.4 Å². The molecule has 0 spiro atoms. The topological polar surface area (TPSA) is 83.8 Å². The first-order chi connectivity index (χ1) is 9.40. The van der Waals surface area contributed by atoms with Crippen LogP contribution in [0.25, 0.3) is 0 Å². The number of aromatic amines is 1. The van der Waals surface area contributed by atoms with Gasteiger partial charge in [-0.15, -0.1) is 0 Å². The van der Waals surface area contributed by atoms with Gasteiger partial charge >= 0.3 is 0 Å². The van der Waals surface area contributed by atoms with Gasteiger partial charge in [0.1, 0.15) is 0 Å². The van der Waals surface area contributed by atoms with Crippen LogP contribution in [-0.2, 0) is 0 Å². The summed E-state index contributed by atoms with van der Waals surface area (Å²) in [5.74, 6) is -0.0934. The summed E-state index contributed by atoms with van der Waals surface area (Å²) in [6, 6.07) is 5.91. The molecule has 5 nitrogen and oxygen atoms in total. The van der Waals surface area contributed by atoms with Gasteiger partial charge in [0.15, 0.2) is 5.69 Å². The van der Waals surface area contributed by atoms with Crippen LogP contribution >= 0.6 is 0 Å². The number of anilines is 2. The molecule has 0 saturated heterocycles. The van der Waals surface area contributed by atoms with Crippen molar-refractivity contribution in [3.63, 3.8) is 0 Å². The maximum absolute atomic E-state index is 12.3. The number of aryl methyl sites for hydroxylation is 2. The first kappa shape index (κ1) is 14.1. The van der Waals surface area contributed by atoms with E-state index in [4.69, 9.17) is 5.73 Å². The van der Waals surface area contributed by atoms with Crippen LogP contribution < -0.4 is 11.1 Å². The SMILES string of the molecule is Cc1ccc(C)c(NC(=O)c2n[nH]c(C(C)C)c2N)c1. The summed E-state index contributed by atoms with van der Waals surface area (Å²) >= 11 is 0. The highest BCUT2D eigenvalue weighted by Crippen LogP contribution is 2.23. The second-order valence-electron chi connectivity index (χ2n) is 5.33. The number of nitrogens with one attached hydrogen (secondary N) is 2. The molecule has 0 bridgehead atoms. The highest BCUT2D eigenvalue weighted by atomic mass is 16.2. The molecule has 0 atom stereocenters. The lowest BCUT2D eigenvalue weighted by Crippen LogP contribution is -2.15. The predicted molar refractivity (Wildman–Crippen MR) is 81.0 cm³/mol. The standard InChI is InChI=1S/C15H20N4O/c1-8(2)13-12(16)14(19-18-13)15(20)17-11-7-9(3)5-6-10(11)4/h5-8H,16H2,1-4H3,(H,17,20)(H,18,19). The molecule has 4 N–H and O–H groups in total. The molecule has 1 heterocycles. The summed E-state index contributed by atoms with van der Waals surface area (Å²) in [5.41, 5.74) is 10.3. The fourth-order valence-corrected chi connectivity index (χ4v) is 2.03. The number of nitrogen functional groups attached to an aromatic ring is 1. The Morgan fingerprint density at radius 3 is 2.65 bits per heavy atom. The number of hydrogen-bond donors (Lipinski definition) is 3. The Bertz CT molecular complexity index is 643. The highest BCUT2D eigenvalue weighted by Gasteiger charge is 2.19. The number of nitrogens with two attached hydrogens (primary N) is 1. The quantitative estimate of drug-likeness (QED) is 0.803. The van der Waals surface area contributed by atoms with Crippen LogP contribution in [0.2, 0.25) is 0 Å². The molecular weight excluding hydrogens is 252 g/mol. The van der Waals surface area contributed by atoms with E-state index in [-0.39, 0.29) is 17.5 Å². The van der Waals surface area contributed by atoms with Crippen molar-refractivity contribution in [1.29, 1.82) is 0 Å². The smallest absolute Gasteiger partial charge is 0.278 e. The number of H-pyrrole nitrogens is 1. The van der Waals surface area contributed by atoms with E-state index in [0.29, 0.717) is 5.69 Å². The molecule has 1 aromatic heterocycles. The number of amides is 1. The summed E-state index contributed by atoms with van der Waals surface area (Å²) in [5, 5.41) is 9.71. The van der Waals surface area contributed by atoms with Crippen LogP contribution in [0, 0.1) is 13.8 Å². The number of hydrogen-bond acceptors (Lipinski definition) is 3. The predicted octanol–water partition coefficient (Wildman–Crippen LogP) is 2.98. The van der Waals surface area contributed by atoms with Crippen LogP contribution in [0.15, 0.2) is 18.2 Å². The molecule has 0 saturated carbocycles. The average molecular weight is 272 g/mol. The van der Waals surface area contributed by atoms with Gasteiger partial charge in [-0.1, -0.05) is 26.0 Å². The van der Waals surface area contributed by atoms with Gasteiger partial charge in [0.2, 0.25) is 0 Å². The average Bonchev–Trinajstić information content (AvgIpc) is 2.76. The molecule has 0 fully saturated rings. The molecule has 106 valence electrons. The lowest BCUT2D eigenvalue weighted by molar-refractivity contribution is 0.102. The van der Waals surface area contributed by atoms with E-state index in [1.807, 2.05) is 45.9 Å². The summed E-state index contributed by atoms with van der Waals surface area (Å²) in [4.78, 5) is 12.3. The van der Waals surface area contributed by atoms with E-state index in [1.165, 1.54) is 0 Å². The molecule has 0 radical (unpaired) electrons. The first-order valence-corrected chi connectivity index (χ1v) is 6.62. The third kappa shape index (κ3) is 2.66. The van der Waals surface area contributed by atoms with Crippen molar-refractivity contribution in [3.05, 3.63) is 40.7 Å². The van der Waals surface area contributed by atoms with Gasteiger partial charge in [-0.05, 0) is 37.0 Å². The van der Waals surface area contributed by atoms with E-state index >= 15 is 0 Å². The Balaban J connectivity index is 2.26. The van der Waals surface area contributed by atoms with Gasteiger partial charge in [0.05, 0.1) is 11.4 Å².